The molecule has 5 N–H and O–H groups in total. The predicted molar refractivity (Wildman–Crippen MR) is 149 cm³/mol. The molecule has 4 atom stereocenters. The lowest BCUT2D eigenvalue weighted by molar-refractivity contribution is -0.149. The predicted octanol–water partition coefficient (Wildman–Crippen LogP) is 1.75. The number of carbonyl (C=O) groups is 4. The number of fused-ring (bicyclic) bond motifs is 1. The molecule has 2 aliphatic heterocycles. The fourth-order valence-electron chi connectivity index (χ4n) is 5.72. The number of H-pyrrole nitrogens is 1. The molecule has 0 radical (unpaired) electrons. The maximum Gasteiger partial charge on any atom is 0.326 e. The molecule has 2 aliphatic rings. The van der Waals surface area contributed by atoms with Crippen LogP contribution >= 0.6 is 0 Å². The van der Waals surface area contributed by atoms with Gasteiger partial charge in [0.25, 0.3) is 0 Å². The first-order chi connectivity index (χ1) is 19.4. The Morgan fingerprint density at radius 1 is 0.925 bits per heavy atom. The lowest BCUT2D eigenvalue weighted by atomic mass is 10.0. The number of carboxylic acid groups (broad SMARTS) is 1. The molecule has 210 valence electrons. The number of amides is 3. The Hall–Kier alpha value is -4.18. The first-order valence-electron chi connectivity index (χ1n) is 13.9. The van der Waals surface area contributed by atoms with E-state index in [0.717, 1.165) is 35.0 Å². The third-order valence-corrected chi connectivity index (χ3v) is 7.83. The minimum atomic E-state index is -1.05. The van der Waals surface area contributed by atoms with Crippen LogP contribution in [0, 0.1) is 0 Å². The molecule has 4 unspecified atom stereocenters. The highest BCUT2D eigenvalue weighted by Gasteiger charge is 2.38. The number of hydrogen-bond acceptors (Lipinski definition) is 5. The van der Waals surface area contributed by atoms with Crippen molar-refractivity contribution in [1.29, 1.82) is 0 Å². The minimum absolute atomic E-state index is 0.201. The Kier molecular flexibility index (Phi) is 8.45. The zero-order valence-electron chi connectivity index (χ0n) is 22.3. The van der Waals surface area contributed by atoms with E-state index >= 15 is 0 Å². The van der Waals surface area contributed by atoms with Crippen LogP contribution in [0.1, 0.15) is 36.8 Å². The standard InChI is InChI=1S/C30H35N5O5/c36-27(23-12-6-14-31-23)33-24(17-20-18-32-22-11-5-4-10-21(20)22)28(37)34-25(16-19-8-2-1-3-9-19)29(38)35-15-7-13-26(35)30(39)40/h1-5,8-11,18,23-26,31-32H,6-7,12-17H2,(H,33,36)(H,34,37)(H,39,40). The molecule has 0 spiro atoms. The highest BCUT2D eigenvalue weighted by atomic mass is 16.4. The van der Waals surface area contributed by atoms with Crippen LogP contribution in [0.3, 0.4) is 0 Å². The SMILES string of the molecule is O=C(NC(Cc1c[nH]c2ccccc12)C(=O)NC(Cc1ccccc1)C(=O)N1CCCC1C(=O)O)C1CCCN1. The second kappa shape index (κ2) is 12.3. The summed E-state index contributed by atoms with van der Waals surface area (Å²) in [5.74, 6) is -2.23. The van der Waals surface area contributed by atoms with Crippen molar-refractivity contribution >= 4 is 34.6 Å². The molecule has 0 saturated carbocycles. The van der Waals surface area contributed by atoms with E-state index in [2.05, 4.69) is 20.9 Å². The van der Waals surface area contributed by atoms with E-state index < -0.39 is 35.9 Å². The van der Waals surface area contributed by atoms with Crippen LogP contribution in [-0.4, -0.2) is 75.9 Å². The number of benzene rings is 2. The number of rotatable bonds is 10. The van der Waals surface area contributed by atoms with Crippen LogP contribution < -0.4 is 16.0 Å². The monoisotopic (exact) mass is 545 g/mol. The van der Waals surface area contributed by atoms with Gasteiger partial charge in [-0.05, 0) is 49.4 Å². The highest BCUT2D eigenvalue weighted by Crippen LogP contribution is 2.21. The van der Waals surface area contributed by atoms with Crippen molar-refractivity contribution in [3.63, 3.8) is 0 Å². The summed E-state index contributed by atoms with van der Waals surface area (Å²) in [6.07, 6.45) is 4.79. The molecule has 0 aliphatic carbocycles. The topological polar surface area (TPSA) is 144 Å². The Morgan fingerprint density at radius 3 is 2.45 bits per heavy atom. The minimum Gasteiger partial charge on any atom is -0.480 e. The number of carbonyl (C=O) groups excluding carboxylic acids is 3. The van der Waals surface area contributed by atoms with Crippen LogP contribution in [0.2, 0.25) is 0 Å². The van der Waals surface area contributed by atoms with Crippen molar-refractivity contribution in [3.8, 4) is 0 Å². The van der Waals surface area contributed by atoms with Gasteiger partial charge in [-0.25, -0.2) is 4.79 Å². The molecule has 3 heterocycles. The van der Waals surface area contributed by atoms with Gasteiger partial charge in [0.15, 0.2) is 0 Å². The van der Waals surface area contributed by atoms with E-state index in [1.807, 2.05) is 60.8 Å². The van der Waals surface area contributed by atoms with E-state index in [1.54, 1.807) is 0 Å². The van der Waals surface area contributed by atoms with Crippen molar-refractivity contribution in [2.24, 2.45) is 0 Å². The molecular formula is C30H35N5O5. The number of likely N-dealkylation sites (tertiary alicyclic amines) is 1. The van der Waals surface area contributed by atoms with E-state index in [0.29, 0.717) is 25.8 Å². The average molecular weight is 546 g/mol. The van der Waals surface area contributed by atoms with Crippen LogP contribution in [0.25, 0.3) is 10.9 Å². The summed E-state index contributed by atoms with van der Waals surface area (Å²) in [6.45, 7) is 1.06. The van der Waals surface area contributed by atoms with E-state index in [4.69, 9.17) is 0 Å². The molecule has 0 bridgehead atoms. The van der Waals surface area contributed by atoms with Crippen molar-refractivity contribution in [3.05, 3.63) is 71.9 Å². The zero-order valence-corrected chi connectivity index (χ0v) is 22.3. The lowest BCUT2D eigenvalue weighted by Gasteiger charge is -2.29. The second-order valence-electron chi connectivity index (χ2n) is 10.6. The Labute approximate surface area is 232 Å². The van der Waals surface area contributed by atoms with Crippen molar-refractivity contribution < 1.29 is 24.3 Å². The quantitative estimate of drug-likeness (QED) is 0.263. The van der Waals surface area contributed by atoms with Gasteiger partial charge in [0.2, 0.25) is 17.7 Å². The number of aromatic amines is 1. The molecule has 2 fully saturated rings. The molecule has 10 nitrogen and oxygen atoms in total. The van der Waals surface area contributed by atoms with Crippen molar-refractivity contribution in [2.45, 2.75) is 62.7 Å². The first kappa shape index (κ1) is 27.4. The number of aliphatic carboxylic acids is 1. The van der Waals surface area contributed by atoms with Gasteiger partial charge >= 0.3 is 5.97 Å². The maximum atomic E-state index is 13.8. The fourth-order valence-corrected chi connectivity index (χ4v) is 5.72. The van der Waals surface area contributed by atoms with Crippen molar-refractivity contribution in [2.75, 3.05) is 13.1 Å². The van der Waals surface area contributed by atoms with Gasteiger partial charge in [-0.1, -0.05) is 48.5 Å². The number of carboxylic acids is 1. The molecule has 10 heteroatoms. The van der Waals surface area contributed by atoms with Gasteiger partial charge in [-0.2, -0.15) is 0 Å². The van der Waals surface area contributed by atoms with Crippen LogP contribution in [0.15, 0.2) is 60.8 Å². The van der Waals surface area contributed by atoms with Crippen LogP contribution in [0.4, 0.5) is 0 Å². The van der Waals surface area contributed by atoms with Crippen molar-refractivity contribution in [1.82, 2.24) is 25.8 Å². The molecule has 5 rings (SSSR count). The Morgan fingerprint density at radius 2 is 1.70 bits per heavy atom. The maximum absolute atomic E-state index is 13.8. The van der Waals surface area contributed by atoms with E-state index in [1.165, 1.54) is 4.90 Å². The molecular weight excluding hydrogens is 510 g/mol. The van der Waals surface area contributed by atoms with Gasteiger partial charge in [-0.15, -0.1) is 0 Å². The van der Waals surface area contributed by atoms with Gasteiger partial charge in [0.05, 0.1) is 6.04 Å². The van der Waals surface area contributed by atoms with Crippen LogP contribution in [0.5, 0.6) is 0 Å². The normalized spacial score (nSPS) is 20.2. The number of nitrogens with one attached hydrogen (secondary N) is 4. The summed E-state index contributed by atoms with van der Waals surface area (Å²) < 4.78 is 0. The summed E-state index contributed by atoms with van der Waals surface area (Å²) in [7, 11) is 0. The smallest absolute Gasteiger partial charge is 0.326 e. The van der Waals surface area contributed by atoms with E-state index in [-0.39, 0.29) is 24.8 Å². The average Bonchev–Trinajstić information content (AvgIpc) is 3.74. The second-order valence-corrected chi connectivity index (χ2v) is 10.6. The molecule has 2 saturated heterocycles. The molecule has 1 aromatic heterocycles. The molecule has 3 amide bonds. The molecule has 40 heavy (non-hydrogen) atoms. The molecule has 2 aromatic carbocycles. The summed E-state index contributed by atoms with van der Waals surface area (Å²) in [5.41, 5.74) is 2.62. The van der Waals surface area contributed by atoms with Gasteiger partial charge in [0, 0.05) is 36.5 Å². The number of para-hydroxylation sites is 1. The number of nitrogens with zero attached hydrogens (tertiary/aromatic N) is 1. The first-order valence-corrected chi connectivity index (χ1v) is 13.9. The summed E-state index contributed by atoms with van der Waals surface area (Å²) in [5, 5.41) is 19.6. The summed E-state index contributed by atoms with van der Waals surface area (Å²) in [4.78, 5) is 57.0. The Balaban J connectivity index is 1.40. The lowest BCUT2D eigenvalue weighted by Crippen LogP contribution is -2.58. The highest BCUT2D eigenvalue weighted by molar-refractivity contribution is 5.95. The third kappa shape index (κ3) is 6.17. The number of hydrogen-bond donors (Lipinski definition) is 5. The number of aromatic nitrogens is 1. The fraction of sp³-hybridized carbons (Fsp3) is 0.400. The summed E-state index contributed by atoms with van der Waals surface area (Å²) in [6, 6.07) is 13.8. The van der Waals surface area contributed by atoms with Gasteiger partial charge < -0.3 is 30.9 Å². The third-order valence-electron chi connectivity index (χ3n) is 7.83. The van der Waals surface area contributed by atoms with Crippen LogP contribution in [-0.2, 0) is 32.0 Å². The zero-order chi connectivity index (χ0) is 28.1. The van der Waals surface area contributed by atoms with Gasteiger partial charge in [0.1, 0.15) is 18.1 Å². The largest absolute Gasteiger partial charge is 0.480 e. The Bertz CT molecular complexity index is 1370. The van der Waals surface area contributed by atoms with E-state index in [9.17, 15) is 24.3 Å². The molecule has 3 aromatic rings. The summed E-state index contributed by atoms with van der Waals surface area (Å²) >= 11 is 0. The van der Waals surface area contributed by atoms with Gasteiger partial charge in [-0.3, -0.25) is 14.4 Å².